The molecule has 0 spiro atoms. The average molecular weight is 283 g/mol. The molecule has 0 amide bonds. The number of hydrogen-bond acceptors (Lipinski definition) is 2. The third-order valence-corrected chi connectivity index (χ3v) is 3.89. The first-order chi connectivity index (χ1) is 8.95. The predicted octanol–water partition coefficient (Wildman–Crippen LogP) is 4.10. The molecule has 0 heterocycles. The molecule has 0 saturated carbocycles. The molecule has 0 radical (unpaired) electrons. The lowest BCUT2D eigenvalue weighted by Crippen LogP contribution is -2.25. The molecule has 108 valence electrons. The molecule has 1 rings (SSSR count). The van der Waals surface area contributed by atoms with Crippen molar-refractivity contribution in [3.05, 3.63) is 28.8 Å². The van der Waals surface area contributed by atoms with Gasteiger partial charge >= 0.3 is 0 Å². The molecular weight excluding hydrogens is 256 g/mol. The number of nitrogens with two attached hydrogens (primary N) is 1. The van der Waals surface area contributed by atoms with Gasteiger partial charge in [0.05, 0.1) is 0 Å². The zero-order valence-corrected chi connectivity index (χ0v) is 13.4. The monoisotopic (exact) mass is 282 g/mol. The van der Waals surface area contributed by atoms with Gasteiger partial charge in [-0.25, -0.2) is 0 Å². The summed E-state index contributed by atoms with van der Waals surface area (Å²) in [6.07, 6.45) is 3.00. The molecule has 2 nitrogen and oxygen atoms in total. The molecule has 0 bridgehead atoms. The van der Waals surface area contributed by atoms with Gasteiger partial charge in [0.25, 0.3) is 0 Å². The van der Waals surface area contributed by atoms with Gasteiger partial charge in [-0.15, -0.1) is 0 Å². The number of benzene rings is 1. The maximum atomic E-state index is 6.36. The van der Waals surface area contributed by atoms with Gasteiger partial charge in [-0.05, 0) is 42.9 Å². The van der Waals surface area contributed by atoms with E-state index in [1.807, 2.05) is 12.1 Å². The van der Waals surface area contributed by atoms with Crippen molar-refractivity contribution in [2.24, 2.45) is 11.7 Å². The molecule has 19 heavy (non-hydrogen) atoms. The Balaban J connectivity index is 2.89. The molecule has 0 aliphatic carbocycles. The van der Waals surface area contributed by atoms with Crippen LogP contribution in [-0.2, 0) is 6.42 Å². The summed E-state index contributed by atoms with van der Waals surface area (Å²) in [5.41, 5.74) is 8.49. The number of hydrogen-bond donors (Lipinski definition) is 1. The van der Waals surface area contributed by atoms with E-state index in [2.05, 4.69) is 38.8 Å². The highest BCUT2D eigenvalue weighted by molar-refractivity contribution is 6.31. The first-order valence-corrected chi connectivity index (χ1v) is 7.57. The van der Waals surface area contributed by atoms with Crippen molar-refractivity contribution in [2.75, 3.05) is 18.5 Å². The minimum atomic E-state index is 0.178. The standard InChI is InChI=1S/C16H27ClN2/c1-5-13(18)11-14-15(17)7-6-8-16(14)19(4)10-9-12(2)3/h6-8,12-13H,5,9-11,18H2,1-4H3. The second kappa shape index (κ2) is 7.76. The topological polar surface area (TPSA) is 29.3 Å². The summed E-state index contributed by atoms with van der Waals surface area (Å²) in [6, 6.07) is 6.30. The van der Waals surface area contributed by atoms with E-state index in [1.165, 1.54) is 17.7 Å². The fraction of sp³-hybridized carbons (Fsp3) is 0.625. The smallest absolute Gasteiger partial charge is 0.0459 e. The van der Waals surface area contributed by atoms with Crippen molar-refractivity contribution in [1.82, 2.24) is 0 Å². The Kier molecular flexibility index (Phi) is 6.67. The highest BCUT2D eigenvalue weighted by atomic mass is 35.5. The predicted molar refractivity (Wildman–Crippen MR) is 86.1 cm³/mol. The molecule has 1 atom stereocenters. The van der Waals surface area contributed by atoms with Crippen molar-refractivity contribution in [1.29, 1.82) is 0 Å². The molecule has 2 N–H and O–H groups in total. The zero-order valence-electron chi connectivity index (χ0n) is 12.6. The van der Waals surface area contributed by atoms with Crippen molar-refractivity contribution in [2.45, 2.75) is 46.1 Å². The van der Waals surface area contributed by atoms with Crippen LogP contribution in [0.5, 0.6) is 0 Å². The first kappa shape index (κ1) is 16.3. The first-order valence-electron chi connectivity index (χ1n) is 7.19. The van der Waals surface area contributed by atoms with Crippen LogP contribution in [0, 0.1) is 5.92 Å². The number of nitrogens with zero attached hydrogens (tertiary/aromatic N) is 1. The normalized spacial score (nSPS) is 12.8. The van der Waals surface area contributed by atoms with Crippen LogP contribution in [0.1, 0.15) is 39.2 Å². The van der Waals surface area contributed by atoms with Crippen LogP contribution in [0.4, 0.5) is 5.69 Å². The minimum absolute atomic E-state index is 0.178. The SMILES string of the molecule is CCC(N)Cc1c(Cl)cccc1N(C)CCC(C)C. The largest absolute Gasteiger partial charge is 0.374 e. The molecule has 1 aromatic carbocycles. The highest BCUT2D eigenvalue weighted by Crippen LogP contribution is 2.28. The zero-order chi connectivity index (χ0) is 14.4. The molecule has 0 fully saturated rings. The van der Waals surface area contributed by atoms with Gasteiger partial charge in [0.1, 0.15) is 0 Å². The van der Waals surface area contributed by atoms with E-state index in [9.17, 15) is 0 Å². The van der Waals surface area contributed by atoms with Gasteiger partial charge in [0.2, 0.25) is 0 Å². The fourth-order valence-electron chi connectivity index (χ4n) is 2.09. The van der Waals surface area contributed by atoms with E-state index < -0.39 is 0 Å². The van der Waals surface area contributed by atoms with Crippen LogP contribution in [0.25, 0.3) is 0 Å². The maximum Gasteiger partial charge on any atom is 0.0459 e. The summed E-state index contributed by atoms with van der Waals surface area (Å²) < 4.78 is 0. The van der Waals surface area contributed by atoms with Crippen molar-refractivity contribution < 1.29 is 0 Å². The lowest BCUT2D eigenvalue weighted by atomic mass is 10.0. The summed E-state index contributed by atoms with van der Waals surface area (Å²) in [5, 5.41) is 0.831. The molecule has 0 aromatic heterocycles. The van der Waals surface area contributed by atoms with Crippen LogP contribution >= 0.6 is 11.6 Å². The lowest BCUT2D eigenvalue weighted by molar-refractivity contribution is 0.583. The highest BCUT2D eigenvalue weighted by Gasteiger charge is 2.13. The molecule has 1 aromatic rings. The average Bonchev–Trinajstić information content (AvgIpc) is 2.38. The van der Waals surface area contributed by atoms with Gasteiger partial charge in [-0.1, -0.05) is 38.4 Å². The number of rotatable bonds is 7. The molecule has 1 unspecified atom stereocenters. The third-order valence-electron chi connectivity index (χ3n) is 3.54. The molecule has 0 aliphatic heterocycles. The Morgan fingerprint density at radius 2 is 2.00 bits per heavy atom. The Bertz CT molecular complexity index is 390. The van der Waals surface area contributed by atoms with E-state index in [0.29, 0.717) is 5.92 Å². The van der Waals surface area contributed by atoms with E-state index >= 15 is 0 Å². The van der Waals surface area contributed by atoms with Crippen LogP contribution < -0.4 is 10.6 Å². The van der Waals surface area contributed by atoms with Crippen LogP contribution in [0.15, 0.2) is 18.2 Å². The van der Waals surface area contributed by atoms with Crippen molar-refractivity contribution >= 4 is 17.3 Å². The second-order valence-corrected chi connectivity index (χ2v) is 6.12. The Morgan fingerprint density at radius 1 is 1.32 bits per heavy atom. The van der Waals surface area contributed by atoms with Crippen LogP contribution in [-0.4, -0.2) is 19.6 Å². The van der Waals surface area contributed by atoms with Crippen molar-refractivity contribution in [3.63, 3.8) is 0 Å². The lowest BCUT2D eigenvalue weighted by Gasteiger charge is -2.25. The minimum Gasteiger partial charge on any atom is -0.374 e. The van der Waals surface area contributed by atoms with E-state index in [1.54, 1.807) is 0 Å². The molecular formula is C16H27ClN2. The molecule has 3 heteroatoms. The maximum absolute atomic E-state index is 6.36. The van der Waals surface area contributed by atoms with E-state index in [0.717, 1.165) is 24.4 Å². The number of anilines is 1. The van der Waals surface area contributed by atoms with Gasteiger partial charge in [-0.3, -0.25) is 0 Å². The van der Waals surface area contributed by atoms with Gasteiger partial charge in [0, 0.05) is 30.3 Å². The van der Waals surface area contributed by atoms with Crippen LogP contribution in [0.2, 0.25) is 5.02 Å². The van der Waals surface area contributed by atoms with E-state index in [-0.39, 0.29) is 6.04 Å². The van der Waals surface area contributed by atoms with Crippen molar-refractivity contribution in [3.8, 4) is 0 Å². The van der Waals surface area contributed by atoms with E-state index in [4.69, 9.17) is 17.3 Å². The van der Waals surface area contributed by atoms with Crippen LogP contribution in [0.3, 0.4) is 0 Å². The van der Waals surface area contributed by atoms with Gasteiger partial charge < -0.3 is 10.6 Å². The summed E-state index contributed by atoms with van der Waals surface area (Å²) in [5.74, 6) is 0.711. The third kappa shape index (κ3) is 5.04. The number of halogens is 1. The molecule has 0 saturated heterocycles. The Labute approximate surface area is 122 Å². The fourth-order valence-corrected chi connectivity index (χ4v) is 2.33. The summed E-state index contributed by atoms with van der Waals surface area (Å²) in [7, 11) is 2.13. The summed E-state index contributed by atoms with van der Waals surface area (Å²) >= 11 is 6.36. The Morgan fingerprint density at radius 3 is 2.58 bits per heavy atom. The Hall–Kier alpha value is -0.730. The quantitative estimate of drug-likeness (QED) is 0.816. The summed E-state index contributed by atoms with van der Waals surface area (Å²) in [4.78, 5) is 2.30. The molecule has 0 aliphatic rings. The second-order valence-electron chi connectivity index (χ2n) is 5.71. The summed E-state index contributed by atoms with van der Waals surface area (Å²) in [6.45, 7) is 7.66. The van der Waals surface area contributed by atoms with Gasteiger partial charge in [-0.2, -0.15) is 0 Å². The van der Waals surface area contributed by atoms with Gasteiger partial charge in [0.15, 0.2) is 0 Å².